The highest BCUT2D eigenvalue weighted by molar-refractivity contribution is 5.76. The minimum Gasteiger partial charge on any atom is -0.392 e. The van der Waals surface area contributed by atoms with Crippen LogP contribution in [0.2, 0.25) is 0 Å². The van der Waals surface area contributed by atoms with Crippen LogP contribution in [-0.2, 0) is 17.9 Å². The summed E-state index contributed by atoms with van der Waals surface area (Å²) >= 11 is 0. The molecular formula is C22H26N4O3. The summed E-state index contributed by atoms with van der Waals surface area (Å²) in [5.74, 6) is -0.0725. The van der Waals surface area contributed by atoms with Crippen LogP contribution in [0.3, 0.4) is 0 Å². The number of nitrogens with zero attached hydrogens (tertiary/aromatic N) is 4. The fourth-order valence-electron chi connectivity index (χ4n) is 4.18. The number of aliphatic hydroxyl groups excluding tert-OH is 1. The van der Waals surface area contributed by atoms with Crippen molar-refractivity contribution < 1.29 is 9.90 Å². The van der Waals surface area contributed by atoms with Gasteiger partial charge in [-0.25, -0.2) is 4.52 Å². The van der Waals surface area contributed by atoms with Crippen molar-refractivity contribution in [3.63, 3.8) is 0 Å². The van der Waals surface area contributed by atoms with Crippen molar-refractivity contribution in [3.8, 4) is 11.3 Å². The number of carbonyl (C=O) groups excluding carboxylic acids is 1. The quantitative estimate of drug-likeness (QED) is 0.721. The van der Waals surface area contributed by atoms with E-state index in [2.05, 4.69) is 5.10 Å². The Morgan fingerprint density at radius 2 is 1.90 bits per heavy atom. The molecule has 2 aromatic heterocycles. The zero-order valence-corrected chi connectivity index (χ0v) is 16.6. The monoisotopic (exact) mass is 394 g/mol. The second kappa shape index (κ2) is 8.21. The lowest BCUT2D eigenvalue weighted by molar-refractivity contribution is -0.133. The standard InChI is InChI=1S/C22H26N4O3/c1-24(17-10-6-3-7-11-17)19(28)14-25-12-13-26-21(22(25)29)18(15-27)20(23-26)16-8-4-2-5-9-16/h2,4-5,8-9,12-13,17,27H,3,6-7,10-11,14-15H2,1H3. The third kappa shape index (κ3) is 3.70. The predicted octanol–water partition coefficient (Wildman–Crippen LogP) is 2.45. The van der Waals surface area contributed by atoms with Crippen LogP contribution in [0.25, 0.3) is 16.8 Å². The van der Waals surface area contributed by atoms with Gasteiger partial charge < -0.3 is 14.6 Å². The molecule has 3 aromatic rings. The average molecular weight is 394 g/mol. The van der Waals surface area contributed by atoms with Gasteiger partial charge in [-0.3, -0.25) is 9.59 Å². The van der Waals surface area contributed by atoms with Crippen LogP contribution >= 0.6 is 0 Å². The van der Waals surface area contributed by atoms with E-state index in [1.165, 1.54) is 15.5 Å². The van der Waals surface area contributed by atoms with Gasteiger partial charge in [-0.2, -0.15) is 5.10 Å². The van der Waals surface area contributed by atoms with Crippen LogP contribution in [-0.4, -0.2) is 43.2 Å². The average Bonchev–Trinajstić information content (AvgIpc) is 3.15. The molecule has 29 heavy (non-hydrogen) atoms. The largest absolute Gasteiger partial charge is 0.392 e. The summed E-state index contributed by atoms with van der Waals surface area (Å²) in [5, 5.41) is 14.4. The lowest BCUT2D eigenvalue weighted by Gasteiger charge is -2.31. The van der Waals surface area contributed by atoms with E-state index in [1.807, 2.05) is 37.4 Å². The molecule has 0 saturated heterocycles. The molecule has 4 rings (SSSR count). The number of aromatic nitrogens is 3. The summed E-state index contributed by atoms with van der Waals surface area (Å²) < 4.78 is 2.90. The van der Waals surface area contributed by atoms with E-state index in [9.17, 15) is 14.7 Å². The van der Waals surface area contributed by atoms with E-state index in [0.29, 0.717) is 16.8 Å². The van der Waals surface area contributed by atoms with Crippen molar-refractivity contribution in [2.24, 2.45) is 0 Å². The molecule has 1 aromatic carbocycles. The molecule has 7 heteroatoms. The molecule has 1 fully saturated rings. The number of hydrogen-bond acceptors (Lipinski definition) is 4. The topological polar surface area (TPSA) is 79.8 Å². The highest BCUT2D eigenvalue weighted by Crippen LogP contribution is 2.25. The molecule has 1 saturated carbocycles. The smallest absolute Gasteiger partial charge is 0.277 e. The Bertz CT molecular complexity index is 1060. The Hall–Kier alpha value is -2.93. The first-order valence-corrected chi connectivity index (χ1v) is 10.1. The molecule has 152 valence electrons. The number of benzene rings is 1. The minimum absolute atomic E-state index is 0.0148. The van der Waals surface area contributed by atoms with Gasteiger partial charge in [0.2, 0.25) is 5.91 Å². The van der Waals surface area contributed by atoms with Crippen LogP contribution in [0.4, 0.5) is 0 Å². The molecule has 7 nitrogen and oxygen atoms in total. The maximum Gasteiger partial charge on any atom is 0.277 e. The van der Waals surface area contributed by atoms with Crippen molar-refractivity contribution in [2.45, 2.75) is 51.3 Å². The highest BCUT2D eigenvalue weighted by Gasteiger charge is 2.23. The van der Waals surface area contributed by atoms with Crippen LogP contribution in [0.15, 0.2) is 47.5 Å². The Kier molecular flexibility index (Phi) is 5.49. The normalized spacial score (nSPS) is 15.0. The maximum atomic E-state index is 13.1. The highest BCUT2D eigenvalue weighted by atomic mass is 16.3. The Balaban J connectivity index is 1.67. The maximum absolute atomic E-state index is 13.1. The van der Waals surface area contributed by atoms with Crippen LogP contribution in [0.5, 0.6) is 0 Å². The van der Waals surface area contributed by atoms with Crippen LogP contribution in [0, 0.1) is 0 Å². The molecule has 1 amide bonds. The van der Waals surface area contributed by atoms with E-state index in [4.69, 9.17) is 0 Å². The van der Waals surface area contributed by atoms with Gasteiger partial charge in [-0.1, -0.05) is 49.6 Å². The first-order chi connectivity index (χ1) is 14.1. The number of likely N-dealkylation sites (N-methyl/N-ethyl adjacent to an activating group) is 1. The summed E-state index contributed by atoms with van der Waals surface area (Å²) in [6, 6.07) is 9.71. The van der Waals surface area contributed by atoms with Gasteiger partial charge in [0.15, 0.2) is 0 Å². The van der Waals surface area contributed by atoms with Crippen molar-refractivity contribution >= 4 is 11.4 Å². The number of fused-ring (bicyclic) bond motifs is 1. The molecule has 0 bridgehead atoms. The van der Waals surface area contributed by atoms with E-state index < -0.39 is 0 Å². The summed E-state index contributed by atoms with van der Waals surface area (Å²) in [4.78, 5) is 27.7. The number of amides is 1. The molecule has 1 N–H and O–H groups in total. The van der Waals surface area contributed by atoms with Crippen molar-refractivity contribution in [1.82, 2.24) is 19.1 Å². The van der Waals surface area contributed by atoms with Gasteiger partial charge in [0.25, 0.3) is 5.56 Å². The summed E-state index contributed by atoms with van der Waals surface area (Å²) in [6.07, 6.45) is 8.81. The summed E-state index contributed by atoms with van der Waals surface area (Å²) in [7, 11) is 1.83. The van der Waals surface area contributed by atoms with Crippen molar-refractivity contribution in [3.05, 3.63) is 58.6 Å². The number of rotatable bonds is 5. The van der Waals surface area contributed by atoms with Gasteiger partial charge in [0.05, 0.1) is 12.3 Å². The van der Waals surface area contributed by atoms with Gasteiger partial charge in [0, 0.05) is 36.6 Å². The zero-order chi connectivity index (χ0) is 20.4. The Morgan fingerprint density at radius 1 is 1.17 bits per heavy atom. The SMILES string of the molecule is CN(C(=O)Cn1ccn2nc(-c3ccccc3)c(CO)c2c1=O)C1CCCCC1. The van der Waals surface area contributed by atoms with Gasteiger partial charge in [-0.05, 0) is 12.8 Å². The molecular weight excluding hydrogens is 368 g/mol. The number of carbonyl (C=O) groups is 1. The first-order valence-electron chi connectivity index (χ1n) is 10.1. The van der Waals surface area contributed by atoms with E-state index >= 15 is 0 Å². The van der Waals surface area contributed by atoms with E-state index in [0.717, 1.165) is 31.2 Å². The number of aliphatic hydroxyl groups is 1. The molecule has 1 aliphatic rings. The third-order valence-corrected chi connectivity index (χ3v) is 5.89. The second-order valence-corrected chi connectivity index (χ2v) is 7.67. The van der Waals surface area contributed by atoms with Crippen molar-refractivity contribution in [1.29, 1.82) is 0 Å². The third-order valence-electron chi connectivity index (χ3n) is 5.89. The molecule has 0 aliphatic heterocycles. The van der Waals surface area contributed by atoms with Gasteiger partial charge in [-0.15, -0.1) is 0 Å². The lowest BCUT2D eigenvalue weighted by atomic mass is 9.94. The lowest BCUT2D eigenvalue weighted by Crippen LogP contribution is -2.41. The Labute approximate surface area is 169 Å². The zero-order valence-electron chi connectivity index (χ0n) is 16.6. The Morgan fingerprint density at radius 3 is 2.59 bits per heavy atom. The molecule has 1 aliphatic carbocycles. The predicted molar refractivity (Wildman–Crippen MR) is 110 cm³/mol. The van der Waals surface area contributed by atoms with Gasteiger partial charge >= 0.3 is 0 Å². The molecule has 0 spiro atoms. The molecule has 0 atom stereocenters. The molecule has 0 unspecified atom stereocenters. The fraction of sp³-hybridized carbons (Fsp3) is 0.409. The van der Waals surface area contributed by atoms with Crippen molar-refractivity contribution in [2.75, 3.05) is 7.05 Å². The minimum atomic E-state index is -0.323. The van der Waals surface area contributed by atoms with Crippen LogP contribution < -0.4 is 5.56 Å². The summed E-state index contributed by atoms with van der Waals surface area (Å²) in [6.45, 7) is -0.318. The van der Waals surface area contributed by atoms with Crippen LogP contribution in [0.1, 0.15) is 37.7 Å². The number of hydrogen-bond donors (Lipinski definition) is 1. The molecule has 2 heterocycles. The fourth-order valence-corrected chi connectivity index (χ4v) is 4.18. The van der Waals surface area contributed by atoms with Gasteiger partial charge in [0.1, 0.15) is 12.1 Å². The first kappa shape index (κ1) is 19.4. The summed E-state index contributed by atoms with van der Waals surface area (Å²) in [5.41, 5.74) is 1.87. The van der Waals surface area contributed by atoms with E-state index in [-0.39, 0.29) is 30.7 Å². The van der Waals surface area contributed by atoms with E-state index in [1.54, 1.807) is 17.3 Å². The second-order valence-electron chi connectivity index (χ2n) is 7.67. The molecule has 0 radical (unpaired) electrons.